The number of nitrogens with one attached hydrogen (secondary N) is 2. The van der Waals surface area contributed by atoms with Gasteiger partial charge in [-0.25, -0.2) is 18.1 Å². The van der Waals surface area contributed by atoms with Crippen molar-refractivity contribution in [3.63, 3.8) is 0 Å². The molecule has 0 saturated carbocycles. The quantitative estimate of drug-likeness (QED) is 0.507. The average molecular weight is 445 g/mol. The molecular formula is C21H15ClF2N4O3. The fraction of sp³-hybridized carbons (Fsp3) is 0.0952. The fourth-order valence-corrected chi connectivity index (χ4v) is 3.46. The zero-order chi connectivity index (χ0) is 22.3. The largest absolute Gasteiger partial charge is 0.348 e. The monoisotopic (exact) mass is 444 g/mol. The summed E-state index contributed by atoms with van der Waals surface area (Å²) in [6, 6.07) is 9.50. The molecule has 2 aromatic carbocycles. The van der Waals surface area contributed by atoms with E-state index in [1.807, 2.05) is 0 Å². The normalized spacial score (nSPS) is 11.1. The van der Waals surface area contributed by atoms with Crippen molar-refractivity contribution in [2.24, 2.45) is 7.05 Å². The molecule has 1 amide bonds. The van der Waals surface area contributed by atoms with Crippen LogP contribution in [0.25, 0.3) is 16.7 Å². The second-order valence-corrected chi connectivity index (χ2v) is 7.24. The standard InChI is InChI=1S/C21H15ClF2N4O3/c1-27-10-14(19(29)25-9-13-15(23)3-2-4-16(13)24)17-18(27)20(30)28(21(31)26-17)12-7-5-11(22)6-8-12/h2-8,10H,9H2,1H3,(H,25,29)(H,26,31). The Morgan fingerprint density at radius 2 is 1.74 bits per heavy atom. The number of benzene rings is 2. The van der Waals surface area contributed by atoms with Crippen molar-refractivity contribution in [1.82, 2.24) is 19.4 Å². The van der Waals surface area contributed by atoms with Crippen LogP contribution in [0.2, 0.25) is 5.02 Å². The lowest BCUT2D eigenvalue weighted by Gasteiger charge is -2.08. The summed E-state index contributed by atoms with van der Waals surface area (Å²) >= 11 is 5.86. The van der Waals surface area contributed by atoms with E-state index >= 15 is 0 Å². The summed E-state index contributed by atoms with van der Waals surface area (Å²) in [6.07, 6.45) is 1.36. The smallest absolute Gasteiger partial charge is 0.333 e. The molecule has 4 aromatic rings. The number of rotatable bonds is 4. The van der Waals surface area contributed by atoms with Crippen LogP contribution in [0.3, 0.4) is 0 Å². The number of carbonyl (C=O) groups excluding carboxylic acids is 1. The third-order valence-electron chi connectivity index (χ3n) is 4.84. The molecule has 0 spiro atoms. The second-order valence-electron chi connectivity index (χ2n) is 6.81. The Morgan fingerprint density at radius 3 is 2.39 bits per heavy atom. The number of hydrogen-bond donors (Lipinski definition) is 2. The molecule has 31 heavy (non-hydrogen) atoms. The maximum atomic E-state index is 13.8. The first-order valence-electron chi connectivity index (χ1n) is 9.09. The molecule has 0 saturated heterocycles. The van der Waals surface area contributed by atoms with Gasteiger partial charge in [-0.15, -0.1) is 0 Å². The van der Waals surface area contributed by atoms with Crippen LogP contribution in [-0.4, -0.2) is 20.0 Å². The zero-order valence-corrected chi connectivity index (χ0v) is 16.8. The third-order valence-corrected chi connectivity index (χ3v) is 5.09. The van der Waals surface area contributed by atoms with E-state index in [2.05, 4.69) is 10.3 Å². The van der Waals surface area contributed by atoms with Crippen LogP contribution >= 0.6 is 11.6 Å². The molecule has 0 unspecified atom stereocenters. The van der Waals surface area contributed by atoms with Crippen LogP contribution in [0, 0.1) is 11.6 Å². The van der Waals surface area contributed by atoms with Crippen LogP contribution < -0.4 is 16.6 Å². The minimum absolute atomic E-state index is 0.00768. The van der Waals surface area contributed by atoms with Gasteiger partial charge in [0.05, 0.1) is 16.8 Å². The zero-order valence-electron chi connectivity index (χ0n) is 16.1. The van der Waals surface area contributed by atoms with E-state index in [0.29, 0.717) is 10.7 Å². The van der Waals surface area contributed by atoms with Crippen LogP contribution in [0.15, 0.2) is 58.3 Å². The number of nitrogens with zero attached hydrogens (tertiary/aromatic N) is 2. The highest BCUT2D eigenvalue weighted by molar-refractivity contribution is 6.30. The first kappa shape index (κ1) is 20.5. The van der Waals surface area contributed by atoms with Gasteiger partial charge in [0.15, 0.2) is 0 Å². The molecule has 0 fully saturated rings. The number of H-pyrrole nitrogens is 1. The first-order valence-corrected chi connectivity index (χ1v) is 9.47. The van der Waals surface area contributed by atoms with Crippen molar-refractivity contribution < 1.29 is 13.6 Å². The highest BCUT2D eigenvalue weighted by atomic mass is 35.5. The molecule has 2 aromatic heterocycles. The van der Waals surface area contributed by atoms with Crippen LogP contribution in [0.5, 0.6) is 0 Å². The molecule has 0 atom stereocenters. The van der Waals surface area contributed by atoms with E-state index in [4.69, 9.17) is 11.6 Å². The molecule has 0 aliphatic heterocycles. The fourth-order valence-electron chi connectivity index (χ4n) is 3.33. The molecule has 0 radical (unpaired) electrons. The number of aromatic nitrogens is 3. The number of aromatic amines is 1. The summed E-state index contributed by atoms with van der Waals surface area (Å²) in [6.45, 7) is -0.403. The lowest BCUT2D eigenvalue weighted by Crippen LogP contribution is -2.34. The van der Waals surface area contributed by atoms with Gasteiger partial charge in [-0.3, -0.25) is 9.59 Å². The van der Waals surface area contributed by atoms with Crippen molar-refractivity contribution in [3.05, 3.63) is 97.3 Å². The number of carbonyl (C=O) groups is 1. The lowest BCUT2D eigenvalue weighted by atomic mass is 10.2. The molecule has 7 nitrogen and oxygen atoms in total. The molecule has 4 rings (SSSR count). The van der Waals surface area contributed by atoms with Gasteiger partial charge in [0.25, 0.3) is 11.5 Å². The molecule has 0 aliphatic rings. The topological polar surface area (TPSA) is 88.9 Å². The van der Waals surface area contributed by atoms with Gasteiger partial charge in [-0.05, 0) is 36.4 Å². The Morgan fingerprint density at radius 1 is 1.10 bits per heavy atom. The van der Waals surface area contributed by atoms with Gasteiger partial charge in [0, 0.05) is 30.4 Å². The summed E-state index contributed by atoms with van der Waals surface area (Å²) in [5.41, 5.74) is -1.28. The molecule has 2 N–H and O–H groups in total. The molecule has 0 bridgehead atoms. The SMILES string of the molecule is Cn1cc(C(=O)NCc2c(F)cccc2F)c2[nH]c(=O)n(-c3ccc(Cl)cc3)c(=O)c21. The van der Waals surface area contributed by atoms with Gasteiger partial charge in [-0.2, -0.15) is 0 Å². The maximum absolute atomic E-state index is 13.8. The Hall–Kier alpha value is -3.72. The second kappa shape index (κ2) is 7.84. The number of halogens is 3. The predicted octanol–water partition coefficient (Wildman–Crippen LogP) is 2.88. The lowest BCUT2D eigenvalue weighted by molar-refractivity contribution is 0.0951. The van der Waals surface area contributed by atoms with Crippen molar-refractivity contribution >= 4 is 28.5 Å². The minimum atomic E-state index is -0.794. The average Bonchev–Trinajstić information content (AvgIpc) is 3.05. The van der Waals surface area contributed by atoms with E-state index in [1.165, 1.54) is 29.0 Å². The van der Waals surface area contributed by atoms with Crippen LogP contribution in [0.1, 0.15) is 15.9 Å². The van der Waals surface area contributed by atoms with E-state index < -0.39 is 35.3 Å². The van der Waals surface area contributed by atoms with Crippen LogP contribution in [-0.2, 0) is 13.6 Å². The molecule has 10 heteroatoms. The molecule has 2 heterocycles. The third kappa shape index (κ3) is 3.64. The van der Waals surface area contributed by atoms with Crippen molar-refractivity contribution in [1.29, 1.82) is 0 Å². The van der Waals surface area contributed by atoms with E-state index in [0.717, 1.165) is 16.7 Å². The maximum Gasteiger partial charge on any atom is 0.333 e. The number of amides is 1. The number of fused-ring (bicyclic) bond motifs is 1. The van der Waals surface area contributed by atoms with Crippen molar-refractivity contribution in [2.45, 2.75) is 6.54 Å². The van der Waals surface area contributed by atoms with Gasteiger partial charge >= 0.3 is 5.69 Å². The molecule has 0 aliphatic carbocycles. The van der Waals surface area contributed by atoms with Gasteiger partial charge < -0.3 is 14.9 Å². The minimum Gasteiger partial charge on any atom is -0.348 e. The Labute approximate surface area is 178 Å². The van der Waals surface area contributed by atoms with Gasteiger partial charge in [0.1, 0.15) is 17.2 Å². The first-order chi connectivity index (χ1) is 14.8. The summed E-state index contributed by atoms with van der Waals surface area (Å²) in [7, 11) is 1.54. The summed E-state index contributed by atoms with van der Waals surface area (Å²) in [4.78, 5) is 40.9. The van der Waals surface area contributed by atoms with E-state index in [1.54, 1.807) is 19.2 Å². The summed E-state index contributed by atoms with van der Waals surface area (Å²) < 4.78 is 29.9. The molecule has 158 valence electrons. The summed E-state index contributed by atoms with van der Waals surface area (Å²) in [5.74, 6) is -2.29. The van der Waals surface area contributed by atoms with Crippen molar-refractivity contribution in [3.8, 4) is 5.69 Å². The van der Waals surface area contributed by atoms with Crippen LogP contribution in [0.4, 0.5) is 8.78 Å². The Kier molecular flexibility index (Phi) is 5.20. The van der Waals surface area contributed by atoms with Gasteiger partial charge in [0.2, 0.25) is 0 Å². The Bertz CT molecular complexity index is 1420. The predicted molar refractivity (Wildman–Crippen MR) is 112 cm³/mol. The highest BCUT2D eigenvalue weighted by Gasteiger charge is 2.20. The van der Waals surface area contributed by atoms with E-state index in [9.17, 15) is 23.2 Å². The molecular weight excluding hydrogens is 430 g/mol. The Balaban J connectivity index is 1.75. The highest BCUT2D eigenvalue weighted by Crippen LogP contribution is 2.17. The van der Waals surface area contributed by atoms with Gasteiger partial charge in [-0.1, -0.05) is 17.7 Å². The van der Waals surface area contributed by atoms with Crippen molar-refractivity contribution in [2.75, 3.05) is 0 Å². The summed E-state index contributed by atoms with van der Waals surface area (Å²) in [5, 5.41) is 2.86. The van der Waals surface area contributed by atoms with E-state index in [-0.39, 0.29) is 22.2 Å². The number of aryl methyl sites for hydroxylation is 1. The number of hydrogen-bond acceptors (Lipinski definition) is 3.